The molecule has 2 amide bonds. The highest BCUT2D eigenvalue weighted by atomic mass is 19.1. The molecule has 2 fully saturated rings. The minimum atomic E-state index is -0.442. The van der Waals surface area contributed by atoms with E-state index in [0.29, 0.717) is 36.5 Å². The normalized spacial score (nSPS) is 21.1. The molecule has 10 heteroatoms. The van der Waals surface area contributed by atoms with Gasteiger partial charge in [0.2, 0.25) is 5.91 Å². The number of aromatic nitrogens is 3. The zero-order valence-corrected chi connectivity index (χ0v) is 23.9. The molecular formula is C32H35FN6O3. The lowest BCUT2D eigenvalue weighted by Crippen LogP contribution is -2.45. The van der Waals surface area contributed by atoms with Crippen molar-refractivity contribution in [1.29, 1.82) is 0 Å². The smallest absolute Gasteiger partial charge is 0.251 e. The number of aryl methyl sites for hydroxylation is 1. The Kier molecular flexibility index (Phi) is 7.18. The molecule has 6 rings (SSSR count). The first kappa shape index (κ1) is 27.8. The van der Waals surface area contributed by atoms with E-state index in [1.807, 2.05) is 30.5 Å². The molecule has 2 bridgehead atoms. The van der Waals surface area contributed by atoms with Crippen molar-refractivity contribution in [3.05, 3.63) is 83.2 Å². The van der Waals surface area contributed by atoms with Crippen LogP contribution in [0.1, 0.15) is 65.8 Å². The van der Waals surface area contributed by atoms with E-state index in [1.165, 1.54) is 12.1 Å². The number of hydrogen-bond acceptors (Lipinski definition) is 6. The van der Waals surface area contributed by atoms with Crippen LogP contribution >= 0.6 is 0 Å². The van der Waals surface area contributed by atoms with Crippen molar-refractivity contribution in [2.45, 2.75) is 62.9 Å². The predicted molar refractivity (Wildman–Crippen MR) is 157 cm³/mol. The Morgan fingerprint density at radius 2 is 1.88 bits per heavy atom. The molecule has 2 heterocycles. The number of hydrogen-bond donors (Lipinski definition) is 3. The molecule has 0 saturated heterocycles. The maximum Gasteiger partial charge on any atom is 0.251 e. The number of nitrogens with two attached hydrogens (primary N) is 1. The summed E-state index contributed by atoms with van der Waals surface area (Å²) in [7, 11) is 1.60. The third-order valence-electron chi connectivity index (χ3n) is 8.96. The van der Waals surface area contributed by atoms with E-state index in [4.69, 9.17) is 15.5 Å². The molecule has 2 aliphatic carbocycles. The van der Waals surface area contributed by atoms with E-state index < -0.39 is 5.82 Å². The average Bonchev–Trinajstić information content (AvgIpc) is 3.67. The molecule has 218 valence electrons. The summed E-state index contributed by atoms with van der Waals surface area (Å²) in [5.74, 6) is 0.619. The molecule has 42 heavy (non-hydrogen) atoms. The SMILES string of the molecule is COCCC(=O)NC12CCC(c3nc(-c4ccc(CNC(=O)c5cc(F)ccc5C)cc4)c4c(N)nccn34)(CC1)C2. The van der Waals surface area contributed by atoms with Crippen LogP contribution in [0.3, 0.4) is 0 Å². The van der Waals surface area contributed by atoms with Crippen LogP contribution in [0.15, 0.2) is 54.9 Å². The molecule has 2 aromatic heterocycles. The molecule has 2 aromatic carbocycles. The minimum absolute atomic E-state index is 0.0269. The van der Waals surface area contributed by atoms with Gasteiger partial charge in [-0.05, 0) is 62.3 Å². The van der Waals surface area contributed by atoms with Gasteiger partial charge in [-0.25, -0.2) is 14.4 Å². The maximum atomic E-state index is 13.7. The maximum absolute atomic E-state index is 13.7. The van der Waals surface area contributed by atoms with Gasteiger partial charge in [0, 0.05) is 54.5 Å². The van der Waals surface area contributed by atoms with Crippen molar-refractivity contribution >= 4 is 23.1 Å². The van der Waals surface area contributed by atoms with Gasteiger partial charge in [-0.3, -0.25) is 14.0 Å². The number of nitrogens with zero attached hydrogens (tertiary/aromatic N) is 3. The van der Waals surface area contributed by atoms with Gasteiger partial charge in [0.15, 0.2) is 0 Å². The second kappa shape index (κ2) is 10.8. The Bertz CT molecular complexity index is 1660. The van der Waals surface area contributed by atoms with Crippen molar-refractivity contribution in [2.24, 2.45) is 0 Å². The summed E-state index contributed by atoms with van der Waals surface area (Å²) < 4.78 is 20.8. The number of benzene rings is 2. The first-order chi connectivity index (χ1) is 20.2. The van der Waals surface area contributed by atoms with Gasteiger partial charge in [-0.2, -0.15) is 0 Å². The van der Waals surface area contributed by atoms with Crippen LogP contribution < -0.4 is 16.4 Å². The number of carbonyl (C=O) groups excluding carboxylic acids is 2. The van der Waals surface area contributed by atoms with Gasteiger partial charge < -0.3 is 21.1 Å². The van der Waals surface area contributed by atoms with E-state index in [-0.39, 0.29) is 22.8 Å². The quantitative estimate of drug-likeness (QED) is 0.273. The molecule has 9 nitrogen and oxygen atoms in total. The van der Waals surface area contributed by atoms with Crippen LogP contribution in [0.2, 0.25) is 0 Å². The second-order valence-electron chi connectivity index (χ2n) is 11.7. The van der Waals surface area contributed by atoms with E-state index in [0.717, 1.165) is 60.3 Å². The summed E-state index contributed by atoms with van der Waals surface area (Å²) in [6.07, 6.45) is 8.49. The van der Waals surface area contributed by atoms with Crippen LogP contribution in [-0.4, -0.2) is 45.4 Å². The minimum Gasteiger partial charge on any atom is -0.384 e. The Morgan fingerprint density at radius 3 is 2.62 bits per heavy atom. The number of anilines is 1. The van der Waals surface area contributed by atoms with Crippen LogP contribution in [0, 0.1) is 12.7 Å². The summed E-state index contributed by atoms with van der Waals surface area (Å²) >= 11 is 0. The average molecular weight is 571 g/mol. The highest BCUT2D eigenvalue weighted by Crippen LogP contribution is 2.57. The first-order valence-corrected chi connectivity index (χ1v) is 14.3. The zero-order valence-electron chi connectivity index (χ0n) is 23.9. The molecule has 0 unspecified atom stereocenters. The van der Waals surface area contributed by atoms with Crippen molar-refractivity contribution in [2.75, 3.05) is 19.5 Å². The lowest BCUT2D eigenvalue weighted by atomic mass is 9.83. The molecule has 2 aliphatic rings. The van der Waals surface area contributed by atoms with Crippen molar-refractivity contribution in [3.8, 4) is 11.3 Å². The molecule has 4 aromatic rings. The van der Waals surface area contributed by atoms with E-state index in [2.05, 4.69) is 20.0 Å². The van der Waals surface area contributed by atoms with Crippen LogP contribution in [0.4, 0.5) is 10.2 Å². The molecule has 2 saturated carbocycles. The number of carbonyl (C=O) groups is 2. The van der Waals surface area contributed by atoms with E-state index >= 15 is 0 Å². The molecule has 0 spiro atoms. The largest absolute Gasteiger partial charge is 0.384 e. The van der Waals surface area contributed by atoms with E-state index in [9.17, 15) is 14.0 Å². The molecule has 0 atom stereocenters. The highest BCUT2D eigenvalue weighted by Gasteiger charge is 2.57. The molecular weight excluding hydrogens is 535 g/mol. The van der Waals surface area contributed by atoms with Crippen LogP contribution in [0.5, 0.6) is 0 Å². The third-order valence-corrected chi connectivity index (χ3v) is 8.96. The fourth-order valence-corrected chi connectivity index (χ4v) is 6.77. The molecule has 0 radical (unpaired) electrons. The Labute approximate surface area is 243 Å². The number of nitrogen functional groups attached to an aromatic ring is 1. The first-order valence-electron chi connectivity index (χ1n) is 14.3. The van der Waals surface area contributed by atoms with Gasteiger partial charge in [-0.15, -0.1) is 0 Å². The lowest BCUT2D eigenvalue weighted by Gasteiger charge is -2.28. The molecule has 4 N–H and O–H groups in total. The van der Waals surface area contributed by atoms with Crippen molar-refractivity contribution in [1.82, 2.24) is 25.0 Å². The number of imidazole rings is 1. The number of amides is 2. The standard InChI is InChI=1S/C32H35FN6O3/c1-20-3-8-23(33)17-24(20)29(41)36-18-21-4-6-22(7-5-21)26-27-28(34)35-14-15-39(27)30(37-26)31-10-12-32(19-31,13-11-31)38-25(40)9-16-42-2/h3-8,14-15,17H,9-13,16,18-19H2,1-2H3,(H2,34,35)(H,36,41)(H,38,40). The van der Waals surface area contributed by atoms with Gasteiger partial charge in [0.25, 0.3) is 5.91 Å². The number of halogens is 1. The Hall–Kier alpha value is -4.31. The van der Waals surface area contributed by atoms with Gasteiger partial charge in [0.05, 0.1) is 6.61 Å². The van der Waals surface area contributed by atoms with Gasteiger partial charge >= 0.3 is 0 Å². The van der Waals surface area contributed by atoms with Crippen molar-refractivity contribution in [3.63, 3.8) is 0 Å². The lowest BCUT2D eigenvalue weighted by molar-refractivity contribution is -0.123. The number of fused-ring (bicyclic) bond motifs is 3. The Balaban J connectivity index is 1.24. The number of methoxy groups -OCH3 is 1. The monoisotopic (exact) mass is 570 g/mol. The van der Waals surface area contributed by atoms with Gasteiger partial charge in [0.1, 0.15) is 28.7 Å². The number of ether oxygens (including phenoxy) is 1. The predicted octanol–water partition coefficient (Wildman–Crippen LogP) is 4.46. The summed E-state index contributed by atoms with van der Waals surface area (Å²) in [6, 6.07) is 12.0. The Morgan fingerprint density at radius 1 is 1.12 bits per heavy atom. The summed E-state index contributed by atoms with van der Waals surface area (Å²) in [5.41, 5.74) is 10.4. The third kappa shape index (κ3) is 5.00. The number of rotatable bonds is 9. The fraction of sp³-hybridized carbons (Fsp3) is 0.375. The van der Waals surface area contributed by atoms with Crippen LogP contribution in [-0.2, 0) is 21.5 Å². The topological polar surface area (TPSA) is 124 Å². The molecule has 0 aliphatic heterocycles. The summed E-state index contributed by atoms with van der Waals surface area (Å²) in [5, 5.41) is 6.19. The van der Waals surface area contributed by atoms with E-state index in [1.54, 1.807) is 26.3 Å². The second-order valence-corrected chi connectivity index (χ2v) is 11.7. The van der Waals surface area contributed by atoms with Crippen molar-refractivity contribution < 1.29 is 18.7 Å². The van der Waals surface area contributed by atoms with Crippen LogP contribution in [0.25, 0.3) is 16.8 Å². The number of nitrogens with one attached hydrogen (secondary N) is 2. The van der Waals surface area contributed by atoms with Gasteiger partial charge in [-0.1, -0.05) is 30.3 Å². The highest BCUT2D eigenvalue weighted by molar-refractivity contribution is 5.95. The zero-order chi connectivity index (χ0) is 29.5. The fourth-order valence-electron chi connectivity index (χ4n) is 6.77. The summed E-state index contributed by atoms with van der Waals surface area (Å²) in [6.45, 7) is 2.49. The summed E-state index contributed by atoms with van der Waals surface area (Å²) in [4.78, 5) is 34.8.